The number of amides is 1. The highest BCUT2D eigenvalue weighted by Crippen LogP contribution is 2.28. The Hall–Kier alpha value is -1.50. The fraction of sp³-hybridized carbons (Fsp3) is 0.176. The van der Waals surface area contributed by atoms with Gasteiger partial charge in [0.05, 0.1) is 23.0 Å². The molecule has 6 heteroatoms. The number of nitrogens with zero attached hydrogens (tertiary/aromatic N) is 1. The second-order valence-electron chi connectivity index (χ2n) is 5.14. The molecule has 1 aromatic carbocycles. The van der Waals surface area contributed by atoms with E-state index in [0.29, 0.717) is 6.42 Å². The van der Waals surface area contributed by atoms with Gasteiger partial charge in [-0.05, 0) is 36.1 Å². The van der Waals surface area contributed by atoms with Gasteiger partial charge < -0.3 is 5.32 Å². The number of halogens is 1. The van der Waals surface area contributed by atoms with Gasteiger partial charge in [0.25, 0.3) is 0 Å². The van der Waals surface area contributed by atoms with Crippen LogP contribution in [0.3, 0.4) is 0 Å². The highest BCUT2D eigenvalue weighted by molar-refractivity contribution is 9.10. The molecule has 1 amide bonds. The third-order valence-corrected chi connectivity index (χ3v) is 5.83. The van der Waals surface area contributed by atoms with Gasteiger partial charge in [0.15, 0.2) is 0 Å². The predicted molar refractivity (Wildman–Crippen MR) is 99.8 cm³/mol. The third-order valence-electron chi connectivity index (χ3n) is 3.37. The molecule has 0 saturated carbocycles. The van der Waals surface area contributed by atoms with Crippen molar-refractivity contribution in [3.63, 3.8) is 0 Å². The van der Waals surface area contributed by atoms with E-state index < -0.39 is 0 Å². The Kier molecular flexibility index (Phi) is 5.25. The SMILES string of the molecule is CC(NC(=O)Cc1csc(-c2cccs2)n1)c1ccc(Br)cc1. The van der Waals surface area contributed by atoms with Crippen LogP contribution in [0, 0.1) is 0 Å². The zero-order chi connectivity index (χ0) is 16.2. The molecule has 0 fully saturated rings. The molecule has 0 aliphatic rings. The number of hydrogen-bond acceptors (Lipinski definition) is 4. The molecule has 0 bridgehead atoms. The van der Waals surface area contributed by atoms with Crippen LogP contribution in [0.4, 0.5) is 0 Å². The average Bonchev–Trinajstić information content (AvgIpc) is 3.18. The fourth-order valence-electron chi connectivity index (χ4n) is 2.19. The lowest BCUT2D eigenvalue weighted by molar-refractivity contribution is -0.121. The first-order valence-electron chi connectivity index (χ1n) is 7.15. The summed E-state index contributed by atoms with van der Waals surface area (Å²) < 4.78 is 1.03. The summed E-state index contributed by atoms with van der Waals surface area (Å²) in [6, 6.07) is 12.0. The molecule has 0 aliphatic carbocycles. The Labute approximate surface area is 151 Å². The van der Waals surface area contributed by atoms with Gasteiger partial charge in [0.1, 0.15) is 5.01 Å². The molecule has 0 aliphatic heterocycles. The van der Waals surface area contributed by atoms with Gasteiger partial charge in [-0.15, -0.1) is 22.7 Å². The predicted octanol–water partition coefficient (Wildman–Crippen LogP) is 5.05. The Morgan fingerprint density at radius 1 is 1.26 bits per heavy atom. The number of hydrogen-bond donors (Lipinski definition) is 1. The van der Waals surface area contributed by atoms with Crippen molar-refractivity contribution in [2.45, 2.75) is 19.4 Å². The normalized spacial score (nSPS) is 12.1. The number of rotatable bonds is 5. The van der Waals surface area contributed by atoms with Gasteiger partial charge in [0, 0.05) is 9.85 Å². The molecule has 118 valence electrons. The van der Waals surface area contributed by atoms with Crippen molar-refractivity contribution in [1.82, 2.24) is 10.3 Å². The minimum absolute atomic E-state index is 0.0107. The number of thiophene rings is 1. The first-order chi connectivity index (χ1) is 11.1. The molecule has 0 radical (unpaired) electrons. The quantitative estimate of drug-likeness (QED) is 0.643. The summed E-state index contributed by atoms with van der Waals surface area (Å²) in [7, 11) is 0. The number of benzene rings is 1. The van der Waals surface area contributed by atoms with Crippen LogP contribution in [0.1, 0.15) is 24.2 Å². The van der Waals surface area contributed by atoms with Crippen LogP contribution in [-0.4, -0.2) is 10.9 Å². The maximum absolute atomic E-state index is 12.2. The van der Waals surface area contributed by atoms with Gasteiger partial charge >= 0.3 is 0 Å². The minimum atomic E-state index is -0.0222. The maximum atomic E-state index is 12.2. The molecule has 3 aromatic rings. The van der Waals surface area contributed by atoms with E-state index in [1.165, 1.54) is 0 Å². The summed E-state index contributed by atoms with van der Waals surface area (Å²) in [5.41, 5.74) is 1.90. The number of carbonyl (C=O) groups excluding carboxylic acids is 1. The van der Waals surface area contributed by atoms with Crippen molar-refractivity contribution in [1.29, 1.82) is 0 Å². The van der Waals surface area contributed by atoms with Crippen LogP contribution in [0.5, 0.6) is 0 Å². The van der Waals surface area contributed by atoms with Gasteiger partial charge in [-0.1, -0.05) is 34.1 Å². The maximum Gasteiger partial charge on any atom is 0.226 e. The van der Waals surface area contributed by atoms with Crippen LogP contribution in [-0.2, 0) is 11.2 Å². The van der Waals surface area contributed by atoms with Crippen LogP contribution < -0.4 is 5.32 Å². The van der Waals surface area contributed by atoms with Crippen molar-refractivity contribution < 1.29 is 4.79 Å². The molecule has 0 spiro atoms. The number of nitrogens with one attached hydrogen (secondary N) is 1. The largest absolute Gasteiger partial charge is 0.349 e. The van der Waals surface area contributed by atoms with E-state index >= 15 is 0 Å². The van der Waals surface area contributed by atoms with E-state index in [2.05, 4.69) is 26.2 Å². The van der Waals surface area contributed by atoms with Crippen LogP contribution in [0.25, 0.3) is 9.88 Å². The molecular formula is C17H15BrN2OS2. The molecular weight excluding hydrogens is 392 g/mol. The summed E-state index contributed by atoms with van der Waals surface area (Å²) in [6.07, 6.45) is 0.308. The third kappa shape index (κ3) is 4.28. The second kappa shape index (κ2) is 7.38. The molecule has 2 heterocycles. The van der Waals surface area contributed by atoms with Gasteiger partial charge in [0.2, 0.25) is 5.91 Å². The lowest BCUT2D eigenvalue weighted by atomic mass is 10.1. The fourth-order valence-corrected chi connectivity index (χ4v) is 4.09. The van der Waals surface area contributed by atoms with E-state index in [-0.39, 0.29) is 11.9 Å². The summed E-state index contributed by atoms with van der Waals surface area (Å²) in [6.45, 7) is 1.99. The lowest BCUT2D eigenvalue weighted by Gasteiger charge is -2.14. The Morgan fingerprint density at radius 2 is 2.04 bits per heavy atom. The molecule has 2 aromatic heterocycles. The number of carbonyl (C=O) groups is 1. The molecule has 3 nitrogen and oxygen atoms in total. The highest BCUT2D eigenvalue weighted by Gasteiger charge is 2.13. The summed E-state index contributed by atoms with van der Waals surface area (Å²) in [5.74, 6) is -0.0107. The van der Waals surface area contributed by atoms with Crippen molar-refractivity contribution in [3.8, 4) is 9.88 Å². The zero-order valence-electron chi connectivity index (χ0n) is 12.5. The number of aromatic nitrogens is 1. The summed E-state index contributed by atoms with van der Waals surface area (Å²) in [4.78, 5) is 17.9. The first-order valence-corrected chi connectivity index (χ1v) is 9.70. The smallest absolute Gasteiger partial charge is 0.226 e. The molecule has 1 atom stereocenters. The Bertz CT molecular complexity index is 781. The molecule has 1 unspecified atom stereocenters. The van der Waals surface area contributed by atoms with E-state index in [1.54, 1.807) is 22.7 Å². The van der Waals surface area contributed by atoms with Crippen molar-refractivity contribution in [3.05, 3.63) is 62.9 Å². The lowest BCUT2D eigenvalue weighted by Crippen LogP contribution is -2.28. The number of thiazole rings is 1. The topological polar surface area (TPSA) is 42.0 Å². The standard InChI is InChI=1S/C17H15BrN2OS2/c1-11(12-4-6-13(18)7-5-12)19-16(21)9-14-10-23-17(20-14)15-3-2-8-22-15/h2-8,10-11H,9H2,1H3,(H,19,21). The molecule has 23 heavy (non-hydrogen) atoms. The van der Waals surface area contributed by atoms with E-state index in [9.17, 15) is 4.79 Å². The highest BCUT2D eigenvalue weighted by atomic mass is 79.9. The van der Waals surface area contributed by atoms with Gasteiger partial charge in [-0.3, -0.25) is 4.79 Å². The minimum Gasteiger partial charge on any atom is -0.349 e. The molecule has 1 N–H and O–H groups in total. The Morgan fingerprint density at radius 3 is 2.74 bits per heavy atom. The second-order valence-corrected chi connectivity index (χ2v) is 7.86. The monoisotopic (exact) mass is 406 g/mol. The average molecular weight is 407 g/mol. The zero-order valence-corrected chi connectivity index (χ0v) is 15.7. The first kappa shape index (κ1) is 16.4. The van der Waals surface area contributed by atoms with Gasteiger partial charge in [-0.2, -0.15) is 0 Å². The van der Waals surface area contributed by atoms with E-state index in [1.807, 2.05) is 54.1 Å². The molecule has 0 saturated heterocycles. The van der Waals surface area contributed by atoms with Crippen LogP contribution >= 0.6 is 38.6 Å². The van der Waals surface area contributed by atoms with E-state index in [4.69, 9.17) is 0 Å². The van der Waals surface area contributed by atoms with Crippen molar-refractivity contribution in [2.75, 3.05) is 0 Å². The van der Waals surface area contributed by atoms with Crippen LogP contribution in [0.15, 0.2) is 51.6 Å². The van der Waals surface area contributed by atoms with Crippen molar-refractivity contribution >= 4 is 44.5 Å². The molecule has 3 rings (SSSR count). The summed E-state index contributed by atoms with van der Waals surface area (Å²) in [5, 5.41) is 7.98. The van der Waals surface area contributed by atoms with Gasteiger partial charge in [-0.25, -0.2) is 4.98 Å². The van der Waals surface area contributed by atoms with Crippen LogP contribution in [0.2, 0.25) is 0 Å². The van der Waals surface area contributed by atoms with Crippen molar-refractivity contribution in [2.24, 2.45) is 0 Å². The van der Waals surface area contributed by atoms with E-state index in [0.717, 1.165) is 25.6 Å². The summed E-state index contributed by atoms with van der Waals surface area (Å²) >= 11 is 6.66. The Balaban J connectivity index is 1.60.